The second-order valence-corrected chi connectivity index (χ2v) is 15.7. The summed E-state index contributed by atoms with van der Waals surface area (Å²) < 4.78 is 6.68. The number of rotatable bonds is 6. The first-order valence-corrected chi connectivity index (χ1v) is 20.4. The Labute approximate surface area is 347 Å². The first kappa shape index (κ1) is 34.2. The van der Waals surface area contributed by atoms with Gasteiger partial charge in [0.2, 0.25) is 0 Å². The van der Waals surface area contributed by atoms with Crippen LogP contribution in [0.5, 0.6) is 0 Å². The molecule has 0 aliphatic heterocycles. The van der Waals surface area contributed by atoms with Gasteiger partial charge in [0.15, 0.2) is 0 Å². The highest BCUT2D eigenvalue weighted by molar-refractivity contribution is 6.23. The zero-order chi connectivity index (χ0) is 40.0. The van der Waals surface area contributed by atoms with E-state index in [2.05, 4.69) is 189 Å². The van der Waals surface area contributed by atoms with Gasteiger partial charge in [0.05, 0.1) is 28.3 Å². The second kappa shape index (κ2) is 13.1. The third-order valence-corrected chi connectivity index (χ3v) is 12.7. The summed E-state index contributed by atoms with van der Waals surface area (Å²) in [6.45, 7) is 8.27. The first-order chi connectivity index (χ1) is 29.7. The lowest BCUT2D eigenvalue weighted by Crippen LogP contribution is -2.28. The van der Waals surface area contributed by atoms with Crippen molar-refractivity contribution >= 4 is 66.5 Å². The van der Waals surface area contributed by atoms with Crippen LogP contribution >= 0.6 is 0 Å². The number of fused-ring (bicyclic) bond motifs is 12. The lowest BCUT2D eigenvalue weighted by atomic mass is 9.67. The van der Waals surface area contributed by atoms with Gasteiger partial charge in [-0.3, -0.25) is 4.98 Å². The summed E-state index contributed by atoms with van der Waals surface area (Å²) in [5.41, 5.74) is 14.1. The zero-order valence-corrected chi connectivity index (χ0v) is 32.7. The van der Waals surface area contributed by atoms with Crippen LogP contribution in [0.3, 0.4) is 0 Å². The average Bonchev–Trinajstić information content (AvgIpc) is 3.85. The smallest absolute Gasteiger partial charge is 0.143 e. The van der Waals surface area contributed by atoms with E-state index in [1.54, 1.807) is 6.08 Å². The van der Waals surface area contributed by atoms with Crippen LogP contribution in [0.25, 0.3) is 100.0 Å². The molecule has 2 aromatic heterocycles. The molecule has 2 heterocycles. The fraction of sp³-hybridized carbons (Fsp3) is 0.0175. The van der Waals surface area contributed by atoms with E-state index in [0.717, 1.165) is 77.3 Å². The van der Waals surface area contributed by atoms with Gasteiger partial charge in [0, 0.05) is 32.8 Å². The first-order valence-electron chi connectivity index (χ1n) is 20.4. The quantitative estimate of drug-likeness (QED) is 0.158. The molecule has 9 aromatic carbocycles. The minimum atomic E-state index is -0.649. The van der Waals surface area contributed by atoms with Crippen molar-refractivity contribution in [3.63, 3.8) is 0 Å². The van der Waals surface area contributed by atoms with Crippen LogP contribution in [-0.4, -0.2) is 9.97 Å². The fourth-order valence-corrected chi connectivity index (χ4v) is 10.1. The maximum Gasteiger partial charge on any atom is 0.143 e. The third-order valence-electron chi connectivity index (χ3n) is 12.7. The Morgan fingerprint density at radius 2 is 1.03 bits per heavy atom. The van der Waals surface area contributed by atoms with Crippen LogP contribution in [0.2, 0.25) is 0 Å². The molecule has 0 bridgehead atoms. The maximum absolute atomic E-state index is 6.68. The summed E-state index contributed by atoms with van der Waals surface area (Å²) >= 11 is 0. The number of furan rings is 1. The van der Waals surface area contributed by atoms with Crippen LogP contribution in [0.1, 0.15) is 33.6 Å². The molecule has 1 aliphatic carbocycles. The molecular weight excluding hydrogens is 729 g/mol. The summed E-state index contributed by atoms with van der Waals surface area (Å²) in [4.78, 5) is 10.6. The number of hydrogen-bond acceptors (Lipinski definition) is 3. The van der Waals surface area contributed by atoms with Crippen LogP contribution in [0, 0.1) is 0 Å². The Kier molecular flexibility index (Phi) is 7.45. The predicted octanol–water partition coefficient (Wildman–Crippen LogP) is 14.8. The highest BCUT2D eigenvalue weighted by atomic mass is 16.3. The Morgan fingerprint density at radius 1 is 0.483 bits per heavy atom. The van der Waals surface area contributed by atoms with Gasteiger partial charge in [-0.05, 0) is 84.8 Å². The highest BCUT2D eigenvalue weighted by Gasteiger charge is 2.46. The monoisotopic (exact) mass is 764 g/mol. The summed E-state index contributed by atoms with van der Waals surface area (Å²) in [5.74, 6) is 0.722. The average molecular weight is 765 g/mol. The molecule has 0 saturated heterocycles. The van der Waals surface area contributed by atoms with Crippen molar-refractivity contribution in [2.45, 2.75) is 5.41 Å². The molecule has 3 nitrogen and oxygen atoms in total. The van der Waals surface area contributed by atoms with Crippen molar-refractivity contribution in [3.8, 4) is 33.5 Å². The molecule has 0 amide bonds. The van der Waals surface area contributed by atoms with Gasteiger partial charge in [-0.2, -0.15) is 0 Å². The van der Waals surface area contributed by atoms with E-state index >= 15 is 0 Å². The zero-order valence-electron chi connectivity index (χ0n) is 32.7. The Morgan fingerprint density at radius 3 is 1.67 bits per heavy atom. The van der Waals surface area contributed by atoms with Crippen LogP contribution in [-0.2, 0) is 5.41 Å². The molecule has 280 valence electrons. The molecule has 1 aliphatic rings. The van der Waals surface area contributed by atoms with Crippen LogP contribution in [0.4, 0.5) is 0 Å². The van der Waals surface area contributed by atoms with E-state index in [9.17, 15) is 0 Å². The van der Waals surface area contributed by atoms with Gasteiger partial charge >= 0.3 is 0 Å². The maximum atomic E-state index is 6.68. The van der Waals surface area contributed by atoms with Crippen molar-refractivity contribution in [3.05, 3.63) is 229 Å². The van der Waals surface area contributed by atoms with Crippen LogP contribution < -0.4 is 0 Å². The molecule has 0 fully saturated rings. The van der Waals surface area contributed by atoms with E-state index in [1.807, 2.05) is 12.3 Å². The fourth-order valence-electron chi connectivity index (χ4n) is 10.1. The van der Waals surface area contributed by atoms with Crippen molar-refractivity contribution in [1.82, 2.24) is 9.97 Å². The third kappa shape index (κ3) is 4.72. The molecule has 12 rings (SSSR count). The number of nitrogens with zero attached hydrogens (tertiary/aromatic N) is 2. The molecule has 0 atom stereocenters. The molecule has 60 heavy (non-hydrogen) atoms. The normalized spacial score (nSPS) is 12.9. The van der Waals surface area contributed by atoms with Crippen LogP contribution in [0.15, 0.2) is 200 Å². The summed E-state index contributed by atoms with van der Waals surface area (Å²) in [7, 11) is 0. The number of hydrogen-bond donors (Lipinski definition) is 0. The van der Waals surface area contributed by atoms with Crippen molar-refractivity contribution < 1.29 is 4.42 Å². The molecule has 11 aromatic rings. The van der Waals surface area contributed by atoms with Crippen molar-refractivity contribution in [1.29, 1.82) is 0 Å². The Balaban J connectivity index is 1.13. The number of aromatic nitrogens is 2. The Hall–Kier alpha value is -7.88. The van der Waals surface area contributed by atoms with Crippen molar-refractivity contribution in [2.24, 2.45) is 0 Å². The SMILES string of the molecule is C=Cc1oc2c(-c3ccc4c(c3)C(c3ccccc3)(c3ccccc3)c3cc(-c5cnc6c7ccccc7c7ccccc7c6n5)ccc3-4)cc3ccccc3c2c1C=C. The molecule has 0 radical (unpaired) electrons. The molecule has 0 spiro atoms. The summed E-state index contributed by atoms with van der Waals surface area (Å²) in [5, 5.41) is 7.90. The summed E-state index contributed by atoms with van der Waals surface area (Å²) in [6, 6.07) is 63.5. The van der Waals surface area contributed by atoms with Gasteiger partial charge in [-0.1, -0.05) is 177 Å². The second-order valence-electron chi connectivity index (χ2n) is 15.7. The van der Waals surface area contributed by atoms with E-state index in [1.165, 1.54) is 44.2 Å². The van der Waals surface area contributed by atoms with Gasteiger partial charge < -0.3 is 4.42 Å². The Bertz CT molecular complexity index is 3510. The minimum absolute atomic E-state index is 0.649. The van der Waals surface area contributed by atoms with E-state index in [4.69, 9.17) is 14.4 Å². The van der Waals surface area contributed by atoms with Gasteiger partial charge in [0.25, 0.3) is 0 Å². The molecule has 0 saturated carbocycles. The topological polar surface area (TPSA) is 38.9 Å². The van der Waals surface area contributed by atoms with E-state index < -0.39 is 5.41 Å². The van der Waals surface area contributed by atoms with Gasteiger partial charge in [0.1, 0.15) is 11.3 Å². The molecule has 3 heteroatoms. The minimum Gasteiger partial charge on any atom is -0.455 e. The van der Waals surface area contributed by atoms with E-state index in [-0.39, 0.29) is 0 Å². The standard InChI is InChI=1S/C57H36N2O/c1-3-40-52(4-2)60-56-48(31-35-17-11-12-22-41(35)53(40)56)36-27-29-44-45-30-28-37(33-50(45)57(49(44)32-36,38-18-7-5-8-19-38)39-20-9-6-10-21-39)51-34-58-54-46-25-15-13-23-42(46)43-24-14-16-26-47(43)55(54)59-51/h3-34H,1-2H2. The van der Waals surface area contributed by atoms with Crippen molar-refractivity contribution in [2.75, 3.05) is 0 Å². The molecular formula is C57H36N2O. The molecule has 0 unspecified atom stereocenters. The lowest BCUT2D eigenvalue weighted by molar-refractivity contribution is 0.604. The predicted molar refractivity (Wildman–Crippen MR) is 250 cm³/mol. The van der Waals surface area contributed by atoms with E-state index in [0.29, 0.717) is 0 Å². The summed E-state index contributed by atoms with van der Waals surface area (Å²) in [6.07, 6.45) is 5.62. The van der Waals surface area contributed by atoms with Gasteiger partial charge in [-0.25, -0.2) is 4.98 Å². The largest absolute Gasteiger partial charge is 0.455 e. The highest BCUT2D eigenvalue weighted by Crippen LogP contribution is 2.58. The number of benzene rings is 9. The molecule has 0 N–H and O–H groups in total. The van der Waals surface area contributed by atoms with Gasteiger partial charge in [-0.15, -0.1) is 0 Å². The lowest BCUT2D eigenvalue weighted by Gasteiger charge is -2.34.